The van der Waals surface area contributed by atoms with Crippen molar-refractivity contribution in [3.63, 3.8) is 0 Å². The molecule has 1 N–H and O–H groups in total. The smallest absolute Gasteiger partial charge is 0.408 e. The maximum Gasteiger partial charge on any atom is 0.408 e. The Morgan fingerprint density at radius 1 is 1.10 bits per heavy atom. The van der Waals surface area contributed by atoms with E-state index >= 15 is 0 Å². The molecule has 0 radical (unpaired) electrons. The number of carbonyl (C=O) groups excluding carboxylic acids is 2. The van der Waals surface area contributed by atoms with E-state index in [-0.39, 0.29) is 18.3 Å². The van der Waals surface area contributed by atoms with Crippen LogP contribution in [0.4, 0.5) is 4.79 Å². The van der Waals surface area contributed by atoms with Crippen molar-refractivity contribution >= 4 is 23.0 Å². The molecule has 1 aromatic heterocycles. The lowest BCUT2D eigenvalue weighted by Crippen LogP contribution is -2.47. The predicted octanol–water partition coefficient (Wildman–Crippen LogP) is 4.35. The Kier molecular flexibility index (Phi) is 7.07. The Balaban J connectivity index is 1.70. The molecule has 0 aliphatic heterocycles. The van der Waals surface area contributed by atoms with Crippen LogP contribution in [-0.2, 0) is 16.1 Å². The van der Waals surface area contributed by atoms with Crippen molar-refractivity contribution in [3.8, 4) is 5.75 Å². The minimum atomic E-state index is -0.895. The number of benzene rings is 2. The van der Waals surface area contributed by atoms with Crippen LogP contribution in [0.2, 0.25) is 0 Å². The molecule has 1 amide bonds. The average Bonchev–Trinajstić information content (AvgIpc) is 2.75. The van der Waals surface area contributed by atoms with Gasteiger partial charge in [-0.3, -0.25) is 0 Å². The molecule has 3 rings (SSSR count). The van der Waals surface area contributed by atoms with Crippen LogP contribution >= 0.6 is 0 Å². The van der Waals surface area contributed by atoms with E-state index in [0.29, 0.717) is 12.0 Å². The standard InChI is InChI=1S/C24H25NO6/c1-4-15(2)22(25-24(28)29-14-17-8-6-5-7-9-17)23(27)30-18-10-11-19-16(3)12-21(26)31-20(19)13-18/h5-13,15,22H,4,14H2,1-3H3,(H,25,28). The summed E-state index contributed by atoms with van der Waals surface area (Å²) in [5, 5.41) is 3.35. The second-order valence-electron chi connectivity index (χ2n) is 7.40. The van der Waals surface area contributed by atoms with Crippen LogP contribution in [0, 0.1) is 12.8 Å². The van der Waals surface area contributed by atoms with E-state index in [1.54, 1.807) is 19.1 Å². The van der Waals surface area contributed by atoms with Gasteiger partial charge in [0.2, 0.25) is 0 Å². The lowest BCUT2D eigenvalue weighted by Gasteiger charge is -2.22. The SMILES string of the molecule is CCC(C)C(NC(=O)OCc1ccccc1)C(=O)Oc1ccc2c(C)cc(=O)oc2c1. The number of aryl methyl sites for hydroxylation is 1. The van der Waals surface area contributed by atoms with Crippen LogP contribution in [0.5, 0.6) is 5.75 Å². The second-order valence-corrected chi connectivity index (χ2v) is 7.40. The molecule has 31 heavy (non-hydrogen) atoms. The van der Waals surface area contributed by atoms with E-state index in [0.717, 1.165) is 16.5 Å². The van der Waals surface area contributed by atoms with Crippen molar-refractivity contribution in [2.75, 3.05) is 0 Å². The minimum absolute atomic E-state index is 0.0952. The van der Waals surface area contributed by atoms with Crippen molar-refractivity contribution < 1.29 is 23.5 Å². The Morgan fingerprint density at radius 3 is 2.55 bits per heavy atom. The first kappa shape index (κ1) is 22.1. The Labute approximate surface area is 180 Å². The van der Waals surface area contributed by atoms with Gasteiger partial charge in [-0.1, -0.05) is 50.6 Å². The van der Waals surface area contributed by atoms with Gasteiger partial charge in [0.05, 0.1) is 0 Å². The summed E-state index contributed by atoms with van der Waals surface area (Å²) in [6.07, 6.45) is -0.0592. The molecule has 0 saturated carbocycles. The number of nitrogens with one attached hydrogen (secondary N) is 1. The van der Waals surface area contributed by atoms with Crippen molar-refractivity contribution in [2.24, 2.45) is 5.92 Å². The lowest BCUT2D eigenvalue weighted by atomic mass is 9.99. The number of hydrogen-bond donors (Lipinski definition) is 1. The van der Waals surface area contributed by atoms with Gasteiger partial charge in [0.15, 0.2) is 0 Å². The van der Waals surface area contributed by atoms with E-state index < -0.39 is 23.7 Å². The summed E-state index contributed by atoms with van der Waals surface area (Å²) in [6.45, 7) is 5.65. The molecule has 0 aliphatic carbocycles. The summed E-state index contributed by atoms with van der Waals surface area (Å²) in [5.41, 5.74) is 1.46. The van der Waals surface area contributed by atoms with Gasteiger partial charge in [0.25, 0.3) is 0 Å². The van der Waals surface area contributed by atoms with E-state index in [4.69, 9.17) is 13.9 Å². The number of amides is 1. The zero-order valence-corrected chi connectivity index (χ0v) is 17.7. The third-order valence-electron chi connectivity index (χ3n) is 5.09. The van der Waals surface area contributed by atoms with E-state index in [1.165, 1.54) is 12.1 Å². The molecule has 2 unspecified atom stereocenters. The van der Waals surface area contributed by atoms with Crippen molar-refractivity contribution in [3.05, 3.63) is 76.1 Å². The van der Waals surface area contributed by atoms with Crippen LogP contribution in [0.15, 0.2) is 63.8 Å². The van der Waals surface area contributed by atoms with Gasteiger partial charge in [0, 0.05) is 17.5 Å². The lowest BCUT2D eigenvalue weighted by molar-refractivity contribution is -0.138. The van der Waals surface area contributed by atoms with Crippen LogP contribution in [0.25, 0.3) is 11.0 Å². The molecule has 0 spiro atoms. The summed E-state index contributed by atoms with van der Waals surface area (Å²) in [5.74, 6) is -0.586. The van der Waals surface area contributed by atoms with Gasteiger partial charge in [-0.2, -0.15) is 0 Å². The van der Waals surface area contributed by atoms with Gasteiger partial charge in [0.1, 0.15) is 24.0 Å². The fourth-order valence-electron chi connectivity index (χ4n) is 3.11. The molecule has 2 aromatic carbocycles. The average molecular weight is 423 g/mol. The first-order chi connectivity index (χ1) is 14.9. The molecule has 0 bridgehead atoms. The first-order valence-electron chi connectivity index (χ1n) is 10.1. The maximum atomic E-state index is 12.8. The highest BCUT2D eigenvalue weighted by Gasteiger charge is 2.28. The number of alkyl carbamates (subject to hydrolysis) is 1. The number of hydrogen-bond acceptors (Lipinski definition) is 6. The molecule has 1 heterocycles. The number of carbonyl (C=O) groups is 2. The molecular formula is C24H25NO6. The number of ether oxygens (including phenoxy) is 2. The third-order valence-corrected chi connectivity index (χ3v) is 5.09. The van der Waals surface area contributed by atoms with Gasteiger partial charge in [-0.25, -0.2) is 14.4 Å². The Morgan fingerprint density at radius 2 is 1.84 bits per heavy atom. The fourth-order valence-corrected chi connectivity index (χ4v) is 3.11. The van der Waals surface area contributed by atoms with E-state index in [2.05, 4.69) is 5.32 Å². The highest BCUT2D eigenvalue weighted by molar-refractivity contribution is 5.85. The highest BCUT2D eigenvalue weighted by Crippen LogP contribution is 2.23. The zero-order valence-electron chi connectivity index (χ0n) is 17.7. The summed E-state index contributed by atoms with van der Waals surface area (Å²) in [4.78, 5) is 36.7. The number of esters is 1. The molecule has 2 atom stereocenters. The zero-order chi connectivity index (χ0) is 22.4. The van der Waals surface area contributed by atoms with Gasteiger partial charge >= 0.3 is 17.7 Å². The summed E-state index contributed by atoms with van der Waals surface area (Å²) in [7, 11) is 0. The number of fused-ring (bicyclic) bond motifs is 1. The van der Waals surface area contributed by atoms with Crippen LogP contribution in [0.3, 0.4) is 0 Å². The van der Waals surface area contributed by atoms with Crippen LogP contribution in [-0.4, -0.2) is 18.1 Å². The monoisotopic (exact) mass is 423 g/mol. The summed E-state index contributed by atoms with van der Waals surface area (Å²) in [6, 6.07) is 14.6. The van der Waals surface area contributed by atoms with Crippen LogP contribution in [0.1, 0.15) is 31.4 Å². The number of rotatable bonds is 7. The molecule has 0 saturated heterocycles. The molecule has 3 aromatic rings. The minimum Gasteiger partial charge on any atom is -0.445 e. The van der Waals surface area contributed by atoms with Gasteiger partial charge in [-0.15, -0.1) is 0 Å². The maximum absolute atomic E-state index is 12.8. The van der Waals surface area contributed by atoms with Gasteiger partial charge < -0.3 is 19.2 Å². The predicted molar refractivity (Wildman–Crippen MR) is 116 cm³/mol. The van der Waals surface area contributed by atoms with Crippen molar-refractivity contribution in [1.82, 2.24) is 5.32 Å². The molecule has 0 aliphatic rings. The highest BCUT2D eigenvalue weighted by atomic mass is 16.6. The fraction of sp³-hybridized carbons (Fsp3) is 0.292. The normalized spacial score (nSPS) is 12.7. The van der Waals surface area contributed by atoms with Gasteiger partial charge in [-0.05, 0) is 36.1 Å². The molecule has 7 heteroatoms. The van der Waals surface area contributed by atoms with E-state index in [9.17, 15) is 14.4 Å². The quantitative estimate of drug-likeness (QED) is 0.345. The second kappa shape index (κ2) is 9.93. The molecule has 0 fully saturated rings. The molecule has 7 nitrogen and oxygen atoms in total. The first-order valence-corrected chi connectivity index (χ1v) is 10.1. The summed E-state index contributed by atoms with van der Waals surface area (Å²) < 4.78 is 15.9. The summed E-state index contributed by atoms with van der Waals surface area (Å²) >= 11 is 0. The third kappa shape index (κ3) is 5.72. The van der Waals surface area contributed by atoms with Crippen LogP contribution < -0.4 is 15.7 Å². The van der Waals surface area contributed by atoms with Crippen molar-refractivity contribution in [2.45, 2.75) is 39.8 Å². The molecular weight excluding hydrogens is 398 g/mol. The van der Waals surface area contributed by atoms with E-state index in [1.807, 2.05) is 44.2 Å². The Bertz CT molecular complexity index is 1120. The topological polar surface area (TPSA) is 94.8 Å². The van der Waals surface area contributed by atoms with Crippen molar-refractivity contribution in [1.29, 1.82) is 0 Å². The Hall–Kier alpha value is -3.61. The molecule has 162 valence electrons. The largest absolute Gasteiger partial charge is 0.445 e.